The van der Waals surface area contributed by atoms with Gasteiger partial charge in [0.15, 0.2) is 0 Å². The van der Waals surface area contributed by atoms with E-state index >= 15 is 0 Å². The third kappa shape index (κ3) is 2.35. The smallest absolute Gasteiger partial charge is 0.0931 e. The van der Waals surface area contributed by atoms with Gasteiger partial charge in [-0.3, -0.25) is 0 Å². The maximum absolute atomic E-state index is 5.80. The first-order chi connectivity index (χ1) is 5.24. The number of hydrogen-bond acceptors (Lipinski definition) is 1. The van der Waals surface area contributed by atoms with Crippen molar-refractivity contribution in [3.63, 3.8) is 0 Å². The van der Waals surface area contributed by atoms with Crippen LogP contribution >= 0.6 is 22.9 Å². The van der Waals surface area contributed by atoms with Gasteiger partial charge in [-0.25, -0.2) is 0 Å². The normalized spacial score (nSPS) is 12.9. The molecule has 1 aromatic heterocycles. The Morgan fingerprint density at radius 3 is 2.91 bits per heavy atom. The fraction of sp³-hybridized carbons (Fsp3) is 0.333. The van der Waals surface area contributed by atoms with E-state index in [9.17, 15) is 0 Å². The van der Waals surface area contributed by atoms with E-state index < -0.39 is 0 Å². The summed E-state index contributed by atoms with van der Waals surface area (Å²) in [4.78, 5) is 1.34. The van der Waals surface area contributed by atoms with Gasteiger partial charge in [0.2, 0.25) is 0 Å². The number of thiophene rings is 1. The van der Waals surface area contributed by atoms with Gasteiger partial charge in [0.1, 0.15) is 0 Å². The zero-order valence-corrected chi connectivity index (χ0v) is 8.08. The van der Waals surface area contributed by atoms with Gasteiger partial charge in [0.05, 0.1) is 4.34 Å². The molecule has 1 heterocycles. The quantitative estimate of drug-likeness (QED) is 0.624. The van der Waals surface area contributed by atoms with E-state index in [0.717, 1.165) is 10.8 Å². The van der Waals surface area contributed by atoms with E-state index in [0.29, 0.717) is 5.92 Å². The molecule has 0 saturated carbocycles. The monoisotopic (exact) mass is 186 g/mol. The Morgan fingerprint density at radius 1 is 1.73 bits per heavy atom. The average Bonchev–Trinajstić information content (AvgIpc) is 2.36. The summed E-state index contributed by atoms with van der Waals surface area (Å²) in [6, 6.07) is 4.03. The molecule has 60 valence electrons. The molecule has 0 aliphatic rings. The van der Waals surface area contributed by atoms with Crippen LogP contribution in [0.15, 0.2) is 24.8 Å². The van der Waals surface area contributed by atoms with Crippen molar-refractivity contribution in [2.75, 3.05) is 0 Å². The molecule has 0 aromatic carbocycles. The molecule has 0 aliphatic carbocycles. The van der Waals surface area contributed by atoms with Gasteiger partial charge in [-0.05, 0) is 24.5 Å². The van der Waals surface area contributed by atoms with Crippen molar-refractivity contribution >= 4 is 22.9 Å². The summed E-state index contributed by atoms with van der Waals surface area (Å²) >= 11 is 7.45. The minimum Gasteiger partial charge on any atom is -0.128 e. The molecule has 1 atom stereocenters. The van der Waals surface area contributed by atoms with Crippen molar-refractivity contribution in [2.24, 2.45) is 0 Å². The molecule has 0 saturated heterocycles. The van der Waals surface area contributed by atoms with E-state index in [1.165, 1.54) is 4.88 Å². The minimum absolute atomic E-state index is 0.560. The van der Waals surface area contributed by atoms with E-state index in [4.69, 9.17) is 11.6 Å². The third-order valence-corrected chi connectivity index (χ3v) is 3.06. The highest BCUT2D eigenvalue weighted by atomic mass is 35.5. The van der Waals surface area contributed by atoms with Gasteiger partial charge in [-0.1, -0.05) is 24.6 Å². The van der Waals surface area contributed by atoms with Gasteiger partial charge in [0, 0.05) is 4.88 Å². The highest BCUT2D eigenvalue weighted by Crippen LogP contribution is 2.29. The second kappa shape index (κ2) is 3.93. The Morgan fingerprint density at radius 2 is 2.45 bits per heavy atom. The molecule has 1 unspecified atom stereocenters. The van der Waals surface area contributed by atoms with Gasteiger partial charge in [-0.15, -0.1) is 17.9 Å². The van der Waals surface area contributed by atoms with Crippen molar-refractivity contribution in [3.05, 3.63) is 34.0 Å². The molecule has 11 heavy (non-hydrogen) atoms. The molecule has 0 spiro atoms. The molecular formula is C9H11ClS. The Bertz CT molecular complexity index is 239. The first kappa shape index (κ1) is 8.82. The molecule has 2 heteroatoms. The van der Waals surface area contributed by atoms with Gasteiger partial charge >= 0.3 is 0 Å². The number of rotatable bonds is 3. The molecule has 0 amide bonds. The standard InChI is InChI=1S/C9H11ClS/c1-3-4-7(2)8-5-6-9(10)11-8/h3,5-7H,1,4H2,2H3. The first-order valence-electron chi connectivity index (χ1n) is 3.60. The van der Waals surface area contributed by atoms with Crippen LogP contribution in [0.4, 0.5) is 0 Å². The molecule has 1 aromatic rings. The summed E-state index contributed by atoms with van der Waals surface area (Å²) in [5.41, 5.74) is 0. The van der Waals surface area contributed by atoms with Crippen molar-refractivity contribution in [3.8, 4) is 0 Å². The molecule has 0 fully saturated rings. The summed E-state index contributed by atoms with van der Waals surface area (Å²) in [5.74, 6) is 0.560. The summed E-state index contributed by atoms with van der Waals surface area (Å²) in [5, 5.41) is 0. The molecule has 0 bridgehead atoms. The summed E-state index contributed by atoms with van der Waals surface area (Å²) in [7, 11) is 0. The predicted molar refractivity (Wildman–Crippen MR) is 52.6 cm³/mol. The summed E-state index contributed by atoms with van der Waals surface area (Å²) < 4.78 is 0.871. The lowest BCUT2D eigenvalue weighted by molar-refractivity contribution is 0.799. The van der Waals surface area contributed by atoms with Gasteiger partial charge < -0.3 is 0 Å². The van der Waals surface area contributed by atoms with Crippen LogP contribution < -0.4 is 0 Å². The van der Waals surface area contributed by atoms with Crippen LogP contribution in [-0.4, -0.2) is 0 Å². The lowest BCUT2D eigenvalue weighted by atomic mass is 10.1. The van der Waals surface area contributed by atoms with Crippen LogP contribution in [0.25, 0.3) is 0 Å². The molecule has 0 N–H and O–H groups in total. The molecule has 0 radical (unpaired) electrons. The van der Waals surface area contributed by atoms with E-state index in [1.807, 2.05) is 12.1 Å². The number of allylic oxidation sites excluding steroid dienone is 1. The number of halogens is 1. The van der Waals surface area contributed by atoms with Crippen molar-refractivity contribution in [1.82, 2.24) is 0 Å². The lowest BCUT2D eigenvalue weighted by Gasteiger charge is -2.03. The highest BCUT2D eigenvalue weighted by Gasteiger charge is 2.05. The Balaban J connectivity index is 2.67. The van der Waals surface area contributed by atoms with Gasteiger partial charge in [0.25, 0.3) is 0 Å². The maximum atomic E-state index is 5.80. The Labute approximate surface area is 76.5 Å². The molecular weight excluding hydrogens is 176 g/mol. The van der Waals surface area contributed by atoms with Crippen LogP contribution in [0, 0.1) is 0 Å². The topological polar surface area (TPSA) is 0 Å². The summed E-state index contributed by atoms with van der Waals surface area (Å²) in [6.07, 6.45) is 2.97. The lowest BCUT2D eigenvalue weighted by Crippen LogP contribution is -1.85. The fourth-order valence-electron chi connectivity index (χ4n) is 0.959. The minimum atomic E-state index is 0.560. The maximum Gasteiger partial charge on any atom is 0.0931 e. The second-order valence-corrected chi connectivity index (χ2v) is 4.31. The van der Waals surface area contributed by atoms with E-state index in [2.05, 4.69) is 19.6 Å². The summed E-state index contributed by atoms with van der Waals surface area (Å²) in [6.45, 7) is 5.89. The van der Waals surface area contributed by atoms with Gasteiger partial charge in [-0.2, -0.15) is 0 Å². The van der Waals surface area contributed by atoms with Crippen LogP contribution in [-0.2, 0) is 0 Å². The SMILES string of the molecule is C=CCC(C)c1ccc(Cl)s1. The molecule has 0 aliphatic heterocycles. The first-order valence-corrected chi connectivity index (χ1v) is 4.79. The van der Waals surface area contributed by atoms with E-state index in [1.54, 1.807) is 11.3 Å². The van der Waals surface area contributed by atoms with Crippen LogP contribution in [0.2, 0.25) is 4.34 Å². The number of hydrogen-bond donors (Lipinski definition) is 0. The highest BCUT2D eigenvalue weighted by molar-refractivity contribution is 7.16. The largest absolute Gasteiger partial charge is 0.128 e. The van der Waals surface area contributed by atoms with Crippen LogP contribution in [0.1, 0.15) is 24.1 Å². The van der Waals surface area contributed by atoms with Crippen molar-refractivity contribution < 1.29 is 0 Å². The van der Waals surface area contributed by atoms with Crippen LogP contribution in [0.3, 0.4) is 0 Å². The zero-order valence-electron chi connectivity index (χ0n) is 6.51. The second-order valence-electron chi connectivity index (χ2n) is 2.57. The fourth-order valence-corrected chi connectivity index (χ4v) is 2.08. The zero-order chi connectivity index (χ0) is 8.27. The van der Waals surface area contributed by atoms with E-state index in [-0.39, 0.29) is 0 Å². The molecule has 0 nitrogen and oxygen atoms in total. The molecule has 1 rings (SSSR count). The Hall–Kier alpha value is -0.270. The predicted octanol–water partition coefficient (Wildman–Crippen LogP) is 4.08. The van der Waals surface area contributed by atoms with Crippen molar-refractivity contribution in [1.29, 1.82) is 0 Å². The Kier molecular flexibility index (Phi) is 3.16. The van der Waals surface area contributed by atoms with Crippen LogP contribution in [0.5, 0.6) is 0 Å². The average molecular weight is 187 g/mol. The van der Waals surface area contributed by atoms with Crippen molar-refractivity contribution in [2.45, 2.75) is 19.3 Å². The third-order valence-electron chi connectivity index (χ3n) is 1.60.